The van der Waals surface area contributed by atoms with Crippen molar-refractivity contribution in [3.8, 4) is 0 Å². The molecule has 0 aromatic heterocycles. The Morgan fingerprint density at radius 3 is 2.29 bits per heavy atom. The highest BCUT2D eigenvalue weighted by Gasteiger charge is 2.29. The van der Waals surface area contributed by atoms with Crippen LogP contribution in [0.25, 0.3) is 0 Å². The van der Waals surface area contributed by atoms with Gasteiger partial charge in [-0.2, -0.15) is 0 Å². The minimum atomic E-state index is -4.11. The fourth-order valence-corrected chi connectivity index (χ4v) is 5.16. The van der Waals surface area contributed by atoms with E-state index in [1.165, 1.54) is 30.3 Å². The molecule has 0 aliphatic carbocycles. The number of nitrogens with zero attached hydrogens (tertiary/aromatic N) is 1. The summed E-state index contributed by atoms with van der Waals surface area (Å²) in [7, 11) is -4.11. The predicted octanol–water partition coefficient (Wildman–Crippen LogP) is 5.62. The Morgan fingerprint density at radius 1 is 0.971 bits per heavy atom. The van der Waals surface area contributed by atoms with E-state index in [0.717, 1.165) is 9.87 Å². The van der Waals surface area contributed by atoms with Gasteiger partial charge in [-0.1, -0.05) is 47.0 Å². The van der Waals surface area contributed by atoms with Crippen LogP contribution in [0.15, 0.2) is 65.6 Å². The van der Waals surface area contributed by atoms with Crippen molar-refractivity contribution in [3.63, 3.8) is 0 Å². The minimum absolute atomic E-state index is 0.0343. The highest BCUT2D eigenvalue weighted by atomic mass is 35.5. The summed E-state index contributed by atoms with van der Waals surface area (Å²) in [5.74, 6) is -1.18. The summed E-state index contributed by atoms with van der Waals surface area (Å²) in [6, 6.07) is 15.5. The zero-order chi connectivity index (χ0) is 25.8. The number of carbonyl (C=O) groups is 2. The summed E-state index contributed by atoms with van der Waals surface area (Å²) in [4.78, 5) is 24.9. The Labute approximate surface area is 214 Å². The Kier molecular flexibility index (Phi) is 8.43. The number of anilines is 2. The molecule has 0 spiro atoms. The van der Waals surface area contributed by atoms with E-state index in [2.05, 4.69) is 5.32 Å². The Morgan fingerprint density at radius 2 is 1.66 bits per heavy atom. The molecule has 3 rings (SSSR count). The largest absolute Gasteiger partial charge is 0.462 e. The molecule has 0 saturated carbocycles. The van der Waals surface area contributed by atoms with Gasteiger partial charge in [0, 0.05) is 5.02 Å². The maximum atomic E-state index is 13.6. The zero-order valence-electron chi connectivity index (χ0n) is 19.3. The zero-order valence-corrected chi connectivity index (χ0v) is 21.7. The van der Waals surface area contributed by atoms with Crippen molar-refractivity contribution in [3.05, 3.63) is 87.4 Å². The van der Waals surface area contributed by atoms with Gasteiger partial charge in [0.2, 0.25) is 5.91 Å². The molecule has 0 aliphatic rings. The summed E-state index contributed by atoms with van der Waals surface area (Å²) in [6.45, 7) is 4.89. The van der Waals surface area contributed by atoms with Gasteiger partial charge in [0.15, 0.2) is 0 Å². The number of hydrogen-bond acceptors (Lipinski definition) is 5. The van der Waals surface area contributed by atoms with Gasteiger partial charge in [-0.15, -0.1) is 0 Å². The molecule has 0 atom stereocenters. The van der Waals surface area contributed by atoms with Crippen LogP contribution in [0.4, 0.5) is 11.4 Å². The molecular weight excluding hydrogens is 511 g/mol. The molecule has 35 heavy (non-hydrogen) atoms. The molecule has 0 bridgehead atoms. The summed E-state index contributed by atoms with van der Waals surface area (Å²) in [5.41, 5.74) is 2.13. The van der Waals surface area contributed by atoms with Crippen LogP contribution in [-0.2, 0) is 19.6 Å². The monoisotopic (exact) mass is 534 g/mol. The predicted molar refractivity (Wildman–Crippen MR) is 138 cm³/mol. The number of esters is 1. The molecular formula is C25H24Cl2N2O5S. The molecule has 1 amide bonds. The molecule has 0 unspecified atom stereocenters. The van der Waals surface area contributed by atoms with E-state index in [4.69, 9.17) is 27.9 Å². The first kappa shape index (κ1) is 26.5. The van der Waals surface area contributed by atoms with Crippen molar-refractivity contribution in [2.75, 3.05) is 22.8 Å². The minimum Gasteiger partial charge on any atom is -0.462 e. The molecule has 0 aliphatic heterocycles. The van der Waals surface area contributed by atoms with Gasteiger partial charge in [0.05, 0.1) is 33.5 Å². The molecule has 184 valence electrons. The van der Waals surface area contributed by atoms with E-state index in [1.54, 1.807) is 44.2 Å². The van der Waals surface area contributed by atoms with E-state index in [9.17, 15) is 18.0 Å². The van der Waals surface area contributed by atoms with E-state index in [-0.39, 0.29) is 33.5 Å². The van der Waals surface area contributed by atoms with E-state index >= 15 is 0 Å². The molecule has 3 aromatic carbocycles. The summed E-state index contributed by atoms with van der Waals surface area (Å²) in [6.07, 6.45) is 0. The average Bonchev–Trinajstić information content (AvgIpc) is 2.81. The SMILES string of the molecule is CCOC(=O)c1ccc(NC(=O)CN(c2cccc(Cl)c2C)S(=O)(=O)c2ccc(C)cc2)c(Cl)c1. The van der Waals surface area contributed by atoms with Gasteiger partial charge in [-0.05, 0) is 68.8 Å². The number of rotatable bonds is 8. The highest BCUT2D eigenvalue weighted by molar-refractivity contribution is 7.92. The average molecular weight is 535 g/mol. The number of carbonyl (C=O) groups excluding carboxylic acids is 2. The van der Waals surface area contributed by atoms with Crippen LogP contribution in [0.5, 0.6) is 0 Å². The van der Waals surface area contributed by atoms with Gasteiger partial charge in [0.25, 0.3) is 10.0 Å². The number of ether oxygens (including phenoxy) is 1. The first-order chi connectivity index (χ1) is 16.5. The molecule has 10 heteroatoms. The number of benzene rings is 3. The highest BCUT2D eigenvalue weighted by Crippen LogP contribution is 2.31. The van der Waals surface area contributed by atoms with Crippen molar-refractivity contribution in [2.24, 2.45) is 0 Å². The van der Waals surface area contributed by atoms with E-state index < -0.39 is 28.4 Å². The van der Waals surface area contributed by atoms with Crippen LogP contribution in [0, 0.1) is 13.8 Å². The number of hydrogen-bond donors (Lipinski definition) is 1. The molecule has 0 heterocycles. The Bertz CT molecular complexity index is 1360. The number of amides is 1. The van der Waals surface area contributed by atoms with Crippen LogP contribution in [0.1, 0.15) is 28.4 Å². The molecule has 0 saturated heterocycles. The Balaban J connectivity index is 1.94. The van der Waals surface area contributed by atoms with Crippen molar-refractivity contribution in [1.82, 2.24) is 0 Å². The lowest BCUT2D eigenvalue weighted by molar-refractivity contribution is -0.114. The van der Waals surface area contributed by atoms with Crippen molar-refractivity contribution >= 4 is 56.5 Å². The second-order valence-electron chi connectivity index (χ2n) is 7.67. The third-order valence-corrected chi connectivity index (χ3v) is 7.65. The first-order valence-electron chi connectivity index (χ1n) is 10.7. The lowest BCUT2D eigenvalue weighted by atomic mass is 10.2. The van der Waals surface area contributed by atoms with Crippen LogP contribution in [-0.4, -0.2) is 33.4 Å². The molecule has 1 N–H and O–H groups in total. The van der Waals surface area contributed by atoms with Crippen LogP contribution in [0.2, 0.25) is 10.0 Å². The number of aryl methyl sites for hydroxylation is 1. The summed E-state index contributed by atoms with van der Waals surface area (Å²) < 4.78 is 33.1. The van der Waals surface area contributed by atoms with Gasteiger partial charge in [-0.3, -0.25) is 9.10 Å². The summed E-state index contributed by atoms with van der Waals surface area (Å²) >= 11 is 12.5. The quantitative estimate of drug-likeness (QED) is 0.378. The fourth-order valence-electron chi connectivity index (χ4n) is 3.28. The van der Waals surface area contributed by atoms with Gasteiger partial charge in [0.1, 0.15) is 6.54 Å². The maximum absolute atomic E-state index is 13.6. The fraction of sp³-hybridized carbons (Fsp3) is 0.200. The third kappa shape index (κ3) is 6.14. The number of sulfonamides is 1. The standard InChI is InChI=1S/C25H24Cl2N2O5S/c1-4-34-25(31)18-10-13-22(21(27)14-18)28-24(30)15-29(23-7-5-6-20(26)17(23)3)35(32,33)19-11-8-16(2)9-12-19/h5-14H,4,15H2,1-3H3,(H,28,30). The third-order valence-electron chi connectivity index (χ3n) is 5.16. The topological polar surface area (TPSA) is 92.8 Å². The van der Waals surface area contributed by atoms with E-state index in [1.807, 2.05) is 6.92 Å². The number of halogens is 2. The smallest absolute Gasteiger partial charge is 0.338 e. The number of nitrogens with one attached hydrogen (secondary N) is 1. The lowest BCUT2D eigenvalue weighted by Gasteiger charge is -2.26. The van der Waals surface area contributed by atoms with Gasteiger partial charge in [-0.25, -0.2) is 13.2 Å². The lowest BCUT2D eigenvalue weighted by Crippen LogP contribution is -2.38. The first-order valence-corrected chi connectivity index (χ1v) is 12.8. The van der Waals surface area contributed by atoms with Crippen molar-refractivity contribution in [1.29, 1.82) is 0 Å². The maximum Gasteiger partial charge on any atom is 0.338 e. The van der Waals surface area contributed by atoms with Gasteiger partial charge >= 0.3 is 5.97 Å². The van der Waals surface area contributed by atoms with Crippen LogP contribution in [0.3, 0.4) is 0 Å². The normalized spacial score (nSPS) is 11.1. The molecule has 0 fully saturated rings. The molecule has 0 radical (unpaired) electrons. The molecule has 3 aromatic rings. The van der Waals surface area contributed by atoms with Crippen molar-refractivity contribution < 1.29 is 22.7 Å². The van der Waals surface area contributed by atoms with Crippen LogP contribution < -0.4 is 9.62 Å². The second kappa shape index (κ2) is 11.1. The summed E-state index contributed by atoms with van der Waals surface area (Å²) in [5, 5.41) is 3.09. The molecule has 7 nitrogen and oxygen atoms in total. The van der Waals surface area contributed by atoms with Crippen molar-refractivity contribution in [2.45, 2.75) is 25.7 Å². The van der Waals surface area contributed by atoms with Crippen LogP contribution >= 0.6 is 23.2 Å². The van der Waals surface area contributed by atoms with Gasteiger partial charge < -0.3 is 10.1 Å². The van der Waals surface area contributed by atoms with E-state index in [0.29, 0.717) is 10.6 Å². The second-order valence-corrected chi connectivity index (χ2v) is 10.3. The Hall–Kier alpha value is -3.07.